The Labute approximate surface area is 226 Å². The van der Waals surface area contributed by atoms with Gasteiger partial charge in [-0.2, -0.15) is 0 Å². The molecule has 0 radical (unpaired) electrons. The van der Waals surface area contributed by atoms with Gasteiger partial charge in [0, 0.05) is 6.54 Å². The molecule has 0 heterocycles. The molecule has 0 aliphatic carbocycles. The van der Waals surface area contributed by atoms with E-state index in [1.807, 2.05) is 84.9 Å². The van der Waals surface area contributed by atoms with Gasteiger partial charge in [0.1, 0.15) is 11.5 Å². The molecule has 8 nitrogen and oxygen atoms in total. The van der Waals surface area contributed by atoms with Crippen LogP contribution in [0.3, 0.4) is 0 Å². The third kappa shape index (κ3) is 7.01. The maximum atomic E-state index is 13.5. The molecule has 198 valence electrons. The SMILES string of the molecule is COC(=O)c1ccc(N(Cc2ccccc2)C(=O)NCc2ccc(Oc3ccccc3)cc2)c(C(=O)OC)c1. The maximum absolute atomic E-state index is 13.5. The van der Waals surface area contributed by atoms with Gasteiger partial charge in [-0.15, -0.1) is 0 Å². The lowest BCUT2D eigenvalue weighted by atomic mass is 10.1. The molecule has 0 bridgehead atoms. The number of para-hydroxylation sites is 1. The van der Waals surface area contributed by atoms with Gasteiger partial charge in [0.25, 0.3) is 0 Å². The van der Waals surface area contributed by atoms with Crippen molar-refractivity contribution in [3.05, 3.63) is 125 Å². The minimum atomic E-state index is -0.685. The number of nitrogens with zero attached hydrogens (tertiary/aromatic N) is 1. The number of hydrogen-bond donors (Lipinski definition) is 1. The Bertz CT molecular complexity index is 1420. The van der Waals surface area contributed by atoms with Gasteiger partial charge in [0.05, 0.1) is 37.6 Å². The number of hydrogen-bond acceptors (Lipinski definition) is 6. The van der Waals surface area contributed by atoms with E-state index < -0.39 is 18.0 Å². The van der Waals surface area contributed by atoms with Crippen LogP contribution in [-0.4, -0.2) is 32.2 Å². The molecule has 2 amide bonds. The van der Waals surface area contributed by atoms with Crippen molar-refractivity contribution in [3.63, 3.8) is 0 Å². The molecule has 0 aromatic heterocycles. The van der Waals surface area contributed by atoms with E-state index in [1.165, 1.54) is 37.3 Å². The molecule has 8 heteroatoms. The highest BCUT2D eigenvalue weighted by Crippen LogP contribution is 2.26. The fraction of sp³-hybridized carbons (Fsp3) is 0.129. The minimum absolute atomic E-state index is 0.0638. The number of carbonyl (C=O) groups is 3. The highest BCUT2D eigenvalue weighted by molar-refractivity contribution is 6.04. The first-order valence-electron chi connectivity index (χ1n) is 12.2. The Hall–Kier alpha value is -5.11. The van der Waals surface area contributed by atoms with Gasteiger partial charge in [-0.25, -0.2) is 14.4 Å². The number of nitrogens with one attached hydrogen (secondary N) is 1. The van der Waals surface area contributed by atoms with Gasteiger partial charge in [-0.05, 0) is 53.6 Å². The van der Waals surface area contributed by atoms with Crippen LogP contribution in [0.2, 0.25) is 0 Å². The third-order valence-electron chi connectivity index (χ3n) is 5.89. The second-order valence-electron chi connectivity index (χ2n) is 8.50. The van der Waals surface area contributed by atoms with Crippen molar-refractivity contribution in [2.75, 3.05) is 19.1 Å². The predicted molar refractivity (Wildman–Crippen MR) is 147 cm³/mol. The summed E-state index contributed by atoms with van der Waals surface area (Å²) in [4.78, 5) is 39.7. The van der Waals surface area contributed by atoms with Crippen molar-refractivity contribution in [1.29, 1.82) is 0 Å². The van der Waals surface area contributed by atoms with Crippen LogP contribution in [0.4, 0.5) is 10.5 Å². The third-order valence-corrected chi connectivity index (χ3v) is 5.89. The molecule has 4 aromatic rings. The van der Waals surface area contributed by atoms with E-state index in [0.717, 1.165) is 16.9 Å². The van der Waals surface area contributed by atoms with Crippen molar-refractivity contribution in [3.8, 4) is 11.5 Å². The van der Waals surface area contributed by atoms with E-state index in [1.54, 1.807) is 0 Å². The lowest BCUT2D eigenvalue weighted by Crippen LogP contribution is -2.40. The van der Waals surface area contributed by atoms with Crippen molar-refractivity contribution in [2.45, 2.75) is 13.1 Å². The topological polar surface area (TPSA) is 94.2 Å². The van der Waals surface area contributed by atoms with E-state index in [9.17, 15) is 14.4 Å². The monoisotopic (exact) mass is 524 g/mol. The molecule has 1 N–H and O–H groups in total. The minimum Gasteiger partial charge on any atom is -0.465 e. The number of benzene rings is 4. The van der Waals surface area contributed by atoms with Crippen LogP contribution in [0.1, 0.15) is 31.8 Å². The van der Waals surface area contributed by atoms with Crippen LogP contribution in [0.15, 0.2) is 103 Å². The second-order valence-corrected chi connectivity index (χ2v) is 8.50. The Morgan fingerprint density at radius 1 is 0.692 bits per heavy atom. The average molecular weight is 525 g/mol. The number of anilines is 1. The zero-order chi connectivity index (χ0) is 27.6. The highest BCUT2D eigenvalue weighted by atomic mass is 16.5. The summed E-state index contributed by atoms with van der Waals surface area (Å²) in [5.74, 6) is 0.117. The smallest absolute Gasteiger partial charge is 0.340 e. The van der Waals surface area contributed by atoms with Crippen molar-refractivity contribution in [1.82, 2.24) is 5.32 Å². The number of rotatable bonds is 9. The largest absolute Gasteiger partial charge is 0.465 e. The standard InChI is InChI=1S/C31H28N2O6/c1-37-29(34)24-15-18-28(27(19-24)30(35)38-2)33(21-23-9-5-3-6-10-23)31(36)32-20-22-13-16-26(17-14-22)39-25-11-7-4-8-12-25/h3-19H,20-21H2,1-2H3,(H,32,36). The van der Waals surface area contributed by atoms with Crippen LogP contribution in [0.5, 0.6) is 11.5 Å². The number of amides is 2. The molecule has 0 saturated carbocycles. The van der Waals surface area contributed by atoms with E-state index in [-0.39, 0.29) is 24.2 Å². The molecule has 0 atom stereocenters. The van der Waals surface area contributed by atoms with Gasteiger partial charge in [-0.1, -0.05) is 60.7 Å². The molecule has 0 aliphatic heterocycles. The summed E-state index contributed by atoms with van der Waals surface area (Å²) < 4.78 is 15.6. The van der Waals surface area contributed by atoms with Crippen molar-refractivity contribution < 1.29 is 28.6 Å². The van der Waals surface area contributed by atoms with E-state index in [2.05, 4.69) is 5.32 Å². The lowest BCUT2D eigenvalue weighted by molar-refractivity contribution is 0.0599. The van der Waals surface area contributed by atoms with Gasteiger partial charge in [0.2, 0.25) is 0 Å². The van der Waals surface area contributed by atoms with Crippen molar-refractivity contribution >= 4 is 23.7 Å². The van der Waals surface area contributed by atoms with Crippen LogP contribution >= 0.6 is 0 Å². The summed E-state index contributed by atoms with van der Waals surface area (Å²) in [5, 5.41) is 2.92. The molecular weight excluding hydrogens is 496 g/mol. The molecule has 4 aromatic carbocycles. The maximum Gasteiger partial charge on any atom is 0.340 e. The number of urea groups is 1. The quantitative estimate of drug-likeness (QED) is 0.271. The summed E-state index contributed by atoms with van der Waals surface area (Å²) in [6.07, 6.45) is 0. The van der Waals surface area contributed by atoms with Crippen LogP contribution in [-0.2, 0) is 22.6 Å². The molecule has 4 rings (SSSR count). The lowest BCUT2D eigenvalue weighted by Gasteiger charge is -2.25. The number of methoxy groups -OCH3 is 2. The van der Waals surface area contributed by atoms with E-state index in [4.69, 9.17) is 14.2 Å². The van der Waals surface area contributed by atoms with Gasteiger partial charge < -0.3 is 19.5 Å². The molecule has 0 aliphatic rings. The van der Waals surface area contributed by atoms with Gasteiger partial charge in [0.15, 0.2) is 0 Å². The molecule has 0 fully saturated rings. The number of esters is 2. The Kier molecular flexibility index (Phi) is 8.92. The van der Waals surface area contributed by atoms with Crippen LogP contribution in [0, 0.1) is 0 Å². The van der Waals surface area contributed by atoms with E-state index in [0.29, 0.717) is 11.4 Å². The Morgan fingerprint density at radius 3 is 1.95 bits per heavy atom. The molecule has 39 heavy (non-hydrogen) atoms. The number of carbonyl (C=O) groups excluding carboxylic acids is 3. The van der Waals surface area contributed by atoms with Gasteiger partial charge >= 0.3 is 18.0 Å². The molecular formula is C31H28N2O6. The highest BCUT2D eigenvalue weighted by Gasteiger charge is 2.24. The van der Waals surface area contributed by atoms with Gasteiger partial charge in [-0.3, -0.25) is 4.90 Å². The average Bonchev–Trinajstić information content (AvgIpc) is 2.99. The summed E-state index contributed by atoms with van der Waals surface area (Å²) in [7, 11) is 2.49. The summed E-state index contributed by atoms with van der Waals surface area (Å²) >= 11 is 0. The first-order chi connectivity index (χ1) is 19.0. The summed E-state index contributed by atoms with van der Waals surface area (Å²) in [5.41, 5.74) is 2.23. The molecule has 0 saturated heterocycles. The normalized spacial score (nSPS) is 10.3. The second kappa shape index (κ2) is 12.9. The van der Waals surface area contributed by atoms with Crippen LogP contribution < -0.4 is 15.0 Å². The zero-order valence-corrected chi connectivity index (χ0v) is 21.6. The summed E-state index contributed by atoms with van der Waals surface area (Å²) in [6.45, 7) is 0.418. The first kappa shape index (κ1) is 26.9. The molecule has 0 spiro atoms. The zero-order valence-electron chi connectivity index (χ0n) is 21.6. The summed E-state index contributed by atoms with van der Waals surface area (Å²) in [6, 6.07) is 30.2. The fourth-order valence-corrected chi connectivity index (χ4v) is 3.90. The van der Waals surface area contributed by atoms with Crippen LogP contribution in [0.25, 0.3) is 0 Å². The Morgan fingerprint density at radius 2 is 1.31 bits per heavy atom. The Balaban J connectivity index is 1.56. The van der Waals surface area contributed by atoms with Crippen molar-refractivity contribution in [2.24, 2.45) is 0 Å². The number of ether oxygens (including phenoxy) is 3. The molecule has 0 unspecified atom stereocenters. The fourth-order valence-electron chi connectivity index (χ4n) is 3.90. The van der Waals surface area contributed by atoms with E-state index >= 15 is 0 Å². The predicted octanol–water partition coefficient (Wildman–Crippen LogP) is 5.97. The first-order valence-corrected chi connectivity index (χ1v) is 12.2.